The molecule has 0 spiro atoms. The molecule has 0 bridgehead atoms. The molecule has 0 aliphatic heterocycles. The van der Waals surface area contributed by atoms with Crippen molar-refractivity contribution >= 4 is 18.0 Å². The van der Waals surface area contributed by atoms with Crippen LogP contribution in [0.3, 0.4) is 0 Å². The van der Waals surface area contributed by atoms with E-state index in [1.54, 1.807) is 36.4 Å². The zero-order valence-electron chi connectivity index (χ0n) is 16.7. The van der Waals surface area contributed by atoms with Crippen LogP contribution in [0.25, 0.3) is 0 Å². The maximum atomic E-state index is 12.1. The molecule has 0 saturated heterocycles. The van der Waals surface area contributed by atoms with Crippen molar-refractivity contribution in [1.82, 2.24) is 10.6 Å². The van der Waals surface area contributed by atoms with E-state index in [9.17, 15) is 24.6 Å². The maximum Gasteiger partial charge on any atom is 0.407 e. The van der Waals surface area contributed by atoms with E-state index in [-0.39, 0.29) is 19.6 Å². The van der Waals surface area contributed by atoms with Crippen LogP contribution in [0.4, 0.5) is 4.79 Å². The number of carboxylic acids is 1. The number of nitrogens with zero attached hydrogens (tertiary/aromatic N) is 1. The molecule has 0 radical (unpaired) electrons. The van der Waals surface area contributed by atoms with E-state index >= 15 is 0 Å². The predicted octanol–water partition coefficient (Wildman–Crippen LogP) is 1.35. The Kier molecular flexibility index (Phi) is 9.01. The van der Waals surface area contributed by atoms with Crippen molar-refractivity contribution < 1.29 is 29.3 Å². The first-order chi connectivity index (χ1) is 14.9. The minimum atomic E-state index is -1.23. The van der Waals surface area contributed by atoms with Gasteiger partial charge in [-0.2, -0.15) is 5.26 Å². The molecule has 0 aliphatic rings. The summed E-state index contributed by atoms with van der Waals surface area (Å²) in [7, 11) is 0. The highest BCUT2D eigenvalue weighted by Crippen LogP contribution is 2.07. The number of nitriles is 1. The van der Waals surface area contributed by atoms with Crippen molar-refractivity contribution in [2.75, 3.05) is 6.54 Å². The van der Waals surface area contributed by atoms with Gasteiger partial charge in [0.05, 0.1) is 24.2 Å². The van der Waals surface area contributed by atoms with Gasteiger partial charge in [-0.1, -0.05) is 42.5 Å². The fraction of sp³-hybridized carbons (Fsp3) is 0.273. The standard InChI is InChI=1S/C22H23N3O6/c23-12-16-8-6-15(7-9-16)10-19(21(28)29)25-20(27)11-18(26)13-24-22(30)31-14-17-4-2-1-3-5-17/h1-9,18-19,26H,10-11,13-14H2,(H,24,30)(H,25,27)(H,28,29)/t18-,19-/m0/s1. The molecule has 2 aromatic carbocycles. The Bertz CT molecular complexity index is 925. The number of carbonyl (C=O) groups is 3. The Morgan fingerprint density at radius 2 is 1.71 bits per heavy atom. The normalized spacial score (nSPS) is 12.1. The van der Waals surface area contributed by atoms with Gasteiger partial charge in [-0.3, -0.25) is 4.79 Å². The average Bonchev–Trinajstić information content (AvgIpc) is 2.77. The molecule has 2 atom stereocenters. The summed E-state index contributed by atoms with van der Waals surface area (Å²) in [5.74, 6) is -1.90. The second-order valence-electron chi connectivity index (χ2n) is 6.77. The highest BCUT2D eigenvalue weighted by Gasteiger charge is 2.22. The number of rotatable bonds is 10. The first-order valence-corrected chi connectivity index (χ1v) is 9.51. The van der Waals surface area contributed by atoms with E-state index in [0.29, 0.717) is 11.1 Å². The molecular weight excluding hydrogens is 402 g/mol. The largest absolute Gasteiger partial charge is 0.480 e. The van der Waals surface area contributed by atoms with E-state index in [2.05, 4.69) is 10.6 Å². The topological polar surface area (TPSA) is 149 Å². The van der Waals surface area contributed by atoms with Crippen LogP contribution in [0.2, 0.25) is 0 Å². The van der Waals surface area contributed by atoms with Crippen molar-refractivity contribution in [2.45, 2.75) is 31.6 Å². The van der Waals surface area contributed by atoms with Crippen LogP contribution in [-0.2, 0) is 27.4 Å². The molecule has 4 N–H and O–H groups in total. The molecule has 2 aromatic rings. The Morgan fingerprint density at radius 1 is 1.03 bits per heavy atom. The van der Waals surface area contributed by atoms with Gasteiger partial charge in [0.15, 0.2) is 0 Å². The average molecular weight is 425 g/mol. The highest BCUT2D eigenvalue weighted by atomic mass is 16.5. The molecule has 9 heteroatoms. The number of aliphatic hydroxyl groups excluding tert-OH is 1. The Morgan fingerprint density at radius 3 is 2.32 bits per heavy atom. The van der Waals surface area contributed by atoms with Crippen LogP contribution in [0, 0.1) is 11.3 Å². The first-order valence-electron chi connectivity index (χ1n) is 9.51. The lowest BCUT2D eigenvalue weighted by atomic mass is 10.0. The molecule has 0 saturated carbocycles. The number of carbonyl (C=O) groups excluding carboxylic acids is 2. The summed E-state index contributed by atoms with van der Waals surface area (Å²) in [5, 5.41) is 32.8. The molecule has 0 aliphatic carbocycles. The van der Waals surface area contributed by atoms with Crippen molar-refractivity contribution in [3.8, 4) is 6.07 Å². The van der Waals surface area contributed by atoms with Crippen LogP contribution in [-0.4, -0.2) is 46.9 Å². The fourth-order valence-electron chi connectivity index (χ4n) is 2.67. The van der Waals surface area contributed by atoms with Gasteiger partial charge in [-0.25, -0.2) is 9.59 Å². The minimum Gasteiger partial charge on any atom is -0.480 e. The van der Waals surface area contributed by atoms with Crippen LogP contribution in [0.15, 0.2) is 54.6 Å². The molecule has 9 nitrogen and oxygen atoms in total. The lowest BCUT2D eigenvalue weighted by Crippen LogP contribution is -2.44. The number of amides is 2. The minimum absolute atomic E-state index is 0.0208. The summed E-state index contributed by atoms with van der Waals surface area (Å²) < 4.78 is 5.00. The number of ether oxygens (including phenoxy) is 1. The lowest BCUT2D eigenvalue weighted by Gasteiger charge is -2.17. The third-order valence-corrected chi connectivity index (χ3v) is 4.27. The molecule has 31 heavy (non-hydrogen) atoms. The first kappa shape index (κ1) is 23.4. The third-order valence-electron chi connectivity index (χ3n) is 4.27. The van der Waals surface area contributed by atoms with Gasteiger partial charge < -0.3 is 25.6 Å². The predicted molar refractivity (Wildman–Crippen MR) is 110 cm³/mol. The number of benzene rings is 2. The summed E-state index contributed by atoms with van der Waals surface area (Å²) >= 11 is 0. The Labute approximate surface area is 179 Å². The molecule has 0 fully saturated rings. The molecule has 2 amide bonds. The van der Waals surface area contributed by atoms with Crippen molar-refractivity contribution in [3.63, 3.8) is 0 Å². The summed E-state index contributed by atoms with van der Waals surface area (Å²) in [5.41, 5.74) is 1.88. The van der Waals surface area contributed by atoms with Gasteiger partial charge in [0, 0.05) is 13.0 Å². The molecule has 0 heterocycles. The zero-order valence-corrected chi connectivity index (χ0v) is 16.7. The smallest absolute Gasteiger partial charge is 0.407 e. The number of alkyl carbamates (subject to hydrolysis) is 1. The third kappa shape index (κ3) is 8.55. The van der Waals surface area contributed by atoms with E-state index in [4.69, 9.17) is 10.00 Å². The number of hydrogen-bond donors (Lipinski definition) is 4. The second-order valence-corrected chi connectivity index (χ2v) is 6.77. The van der Waals surface area contributed by atoms with Crippen molar-refractivity contribution in [2.24, 2.45) is 0 Å². The van der Waals surface area contributed by atoms with Crippen molar-refractivity contribution in [3.05, 3.63) is 71.3 Å². The number of aliphatic hydroxyl groups is 1. The second kappa shape index (κ2) is 11.9. The number of carboxylic acid groups (broad SMARTS) is 1. The summed E-state index contributed by atoms with van der Waals surface area (Å²) in [6.45, 7) is -0.159. The molecule has 0 aromatic heterocycles. The van der Waals surface area contributed by atoms with Crippen LogP contribution in [0.5, 0.6) is 0 Å². The molecule has 0 unspecified atom stereocenters. The van der Waals surface area contributed by atoms with Gasteiger partial charge in [-0.05, 0) is 23.3 Å². The van der Waals surface area contributed by atoms with Gasteiger partial charge in [0.25, 0.3) is 0 Å². The van der Waals surface area contributed by atoms with Gasteiger partial charge in [0.1, 0.15) is 12.6 Å². The highest BCUT2D eigenvalue weighted by molar-refractivity contribution is 5.84. The fourth-order valence-corrected chi connectivity index (χ4v) is 2.67. The van der Waals surface area contributed by atoms with Crippen LogP contribution < -0.4 is 10.6 Å². The van der Waals surface area contributed by atoms with Gasteiger partial charge >= 0.3 is 12.1 Å². The Hall–Kier alpha value is -3.90. The Balaban J connectivity index is 1.74. The van der Waals surface area contributed by atoms with Crippen molar-refractivity contribution in [1.29, 1.82) is 5.26 Å². The van der Waals surface area contributed by atoms with E-state index in [1.165, 1.54) is 0 Å². The van der Waals surface area contributed by atoms with Crippen LogP contribution in [0.1, 0.15) is 23.1 Å². The SMILES string of the molecule is N#Cc1ccc(C[C@H](NC(=O)C[C@H](O)CNC(=O)OCc2ccccc2)C(=O)O)cc1. The van der Waals surface area contributed by atoms with Gasteiger partial charge in [0.2, 0.25) is 5.91 Å². The number of nitrogens with one attached hydrogen (secondary N) is 2. The van der Waals surface area contributed by atoms with Gasteiger partial charge in [-0.15, -0.1) is 0 Å². The van der Waals surface area contributed by atoms with E-state index in [1.807, 2.05) is 24.3 Å². The lowest BCUT2D eigenvalue weighted by molar-refractivity contribution is -0.142. The summed E-state index contributed by atoms with van der Waals surface area (Å²) in [6.07, 6.45) is -2.33. The summed E-state index contributed by atoms with van der Waals surface area (Å²) in [6, 6.07) is 16.2. The summed E-state index contributed by atoms with van der Waals surface area (Å²) in [4.78, 5) is 35.2. The van der Waals surface area contributed by atoms with E-state index < -0.39 is 36.5 Å². The molecule has 2 rings (SSSR count). The van der Waals surface area contributed by atoms with E-state index in [0.717, 1.165) is 5.56 Å². The molecule has 162 valence electrons. The van der Waals surface area contributed by atoms with Crippen LogP contribution >= 0.6 is 0 Å². The maximum absolute atomic E-state index is 12.1. The molecular formula is C22H23N3O6. The monoisotopic (exact) mass is 425 g/mol. The number of hydrogen-bond acceptors (Lipinski definition) is 6. The number of aliphatic carboxylic acids is 1. The zero-order chi connectivity index (χ0) is 22.6. The quantitative estimate of drug-likeness (QED) is 0.449.